The zero-order valence-corrected chi connectivity index (χ0v) is 14.4. The van der Waals surface area contributed by atoms with Crippen molar-refractivity contribution in [1.82, 2.24) is 10.6 Å². The van der Waals surface area contributed by atoms with Crippen molar-refractivity contribution >= 4 is 6.09 Å². The molecule has 2 saturated heterocycles. The molecule has 4 atom stereocenters. The maximum absolute atomic E-state index is 12.0. The van der Waals surface area contributed by atoms with Gasteiger partial charge in [0.2, 0.25) is 0 Å². The topological polar surface area (TPSA) is 89.0 Å². The maximum Gasteiger partial charge on any atom is 0.407 e. The SMILES string of the molecule is COc1ccc(C[C@H]2NC[C@H](O)[C@H]2OC(=O)NC[C@@H]2CCCO2)cc1. The summed E-state index contributed by atoms with van der Waals surface area (Å²) in [5, 5.41) is 16.1. The molecule has 0 aliphatic carbocycles. The number of alkyl carbamates (subject to hydrolysis) is 1. The van der Waals surface area contributed by atoms with Crippen molar-refractivity contribution in [3.8, 4) is 5.75 Å². The van der Waals surface area contributed by atoms with Crippen molar-refractivity contribution in [2.24, 2.45) is 0 Å². The van der Waals surface area contributed by atoms with Crippen LogP contribution in [-0.2, 0) is 15.9 Å². The molecule has 0 unspecified atom stereocenters. The predicted octanol–water partition coefficient (Wildman–Crippen LogP) is 0.844. The lowest BCUT2D eigenvalue weighted by Crippen LogP contribution is -2.42. The van der Waals surface area contributed by atoms with E-state index in [1.165, 1.54) is 0 Å². The normalized spacial score (nSPS) is 28.7. The molecule has 3 rings (SSSR count). The number of rotatable bonds is 6. The molecule has 2 aliphatic heterocycles. The van der Waals surface area contributed by atoms with Gasteiger partial charge in [-0.3, -0.25) is 0 Å². The quantitative estimate of drug-likeness (QED) is 0.705. The number of benzene rings is 1. The van der Waals surface area contributed by atoms with E-state index in [9.17, 15) is 9.90 Å². The first kappa shape index (κ1) is 18.0. The van der Waals surface area contributed by atoms with E-state index in [2.05, 4.69) is 10.6 Å². The minimum Gasteiger partial charge on any atom is -0.497 e. The Hall–Kier alpha value is -1.83. The molecule has 2 heterocycles. The van der Waals surface area contributed by atoms with Gasteiger partial charge in [-0.15, -0.1) is 0 Å². The molecule has 0 radical (unpaired) electrons. The second-order valence-electron chi connectivity index (χ2n) is 6.52. The highest BCUT2D eigenvalue weighted by atomic mass is 16.6. The Balaban J connectivity index is 1.51. The molecule has 0 bridgehead atoms. The number of carbonyl (C=O) groups is 1. The molecular formula is C18H26N2O5. The summed E-state index contributed by atoms with van der Waals surface area (Å²) in [5.74, 6) is 0.796. The first-order chi connectivity index (χ1) is 12.2. The molecule has 0 saturated carbocycles. The minimum atomic E-state index is -0.711. The molecule has 1 aromatic carbocycles. The van der Waals surface area contributed by atoms with E-state index in [1.54, 1.807) is 7.11 Å². The second-order valence-corrected chi connectivity index (χ2v) is 6.52. The number of aliphatic hydroxyl groups is 1. The molecule has 3 N–H and O–H groups in total. The highest BCUT2D eigenvalue weighted by Gasteiger charge is 2.37. The third-order valence-corrected chi connectivity index (χ3v) is 4.72. The Labute approximate surface area is 147 Å². The van der Waals surface area contributed by atoms with E-state index in [1.807, 2.05) is 24.3 Å². The van der Waals surface area contributed by atoms with Crippen LogP contribution in [0.2, 0.25) is 0 Å². The summed E-state index contributed by atoms with van der Waals surface area (Å²) in [6.07, 6.45) is 0.899. The third kappa shape index (κ3) is 4.84. The average molecular weight is 350 g/mol. The smallest absolute Gasteiger partial charge is 0.407 e. The minimum absolute atomic E-state index is 0.0641. The van der Waals surface area contributed by atoms with Crippen LogP contribution in [0.5, 0.6) is 5.75 Å². The molecule has 0 spiro atoms. The number of aliphatic hydroxyl groups excluding tert-OH is 1. The van der Waals surface area contributed by atoms with E-state index >= 15 is 0 Å². The molecule has 7 heteroatoms. The summed E-state index contributed by atoms with van der Waals surface area (Å²) in [6, 6.07) is 7.60. The lowest BCUT2D eigenvalue weighted by Gasteiger charge is -2.22. The summed E-state index contributed by atoms with van der Waals surface area (Å²) < 4.78 is 16.1. The van der Waals surface area contributed by atoms with Crippen molar-refractivity contribution in [3.05, 3.63) is 29.8 Å². The zero-order chi connectivity index (χ0) is 17.6. The van der Waals surface area contributed by atoms with Crippen LogP contribution < -0.4 is 15.4 Å². The molecule has 7 nitrogen and oxygen atoms in total. The molecular weight excluding hydrogens is 324 g/mol. The van der Waals surface area contributed by atoms with Crippen molar-refractivity contribution < 1.29 is 24.1 Å². The van der Waals surface area contributed by atoms with Crippen LogP contribution in [0.15, 0.2) is 24.3 Å². The zero-order valence-electron chi connectivity index (χ0n) is 14.4. The third-order valence-electron chi connectivity index (χ3n) is 4.72. The fourth-order valence-electron chi connectivity index (χ4n) is 3.30. The van der Waals surface area contributed by atoms with Gasteiger partial charge in [-0.1, -0.05) is 12.1 Å². The van der Waals surface area contributed by atoms with E-state index in [0.717, 1.165) is 30.8 Å². The Morgan fingerprint density at radius 1 is 1.40 bits per heavy atom. The van der Waals surface area contributed by atoms with Crippen molar-refractivity contribution in [2.45, 2.75) is 43.6 Å². The van der Waals surface area contributed by atoms with Gasteiger partial charge < -0.3 is 30.0 Å². The van der Waals surface area contributed by atoms with Crippen molar-refractivity contribution in [2.75, 3.05) is 26.8 Å². The average Bonchev–Trinajstić information content (AvgIpc) is 3.26. The van der Waals surface area contributed by atoms with Crippen LogP contribution in [0, 0.1) is 0 Å². The van der Waals surface area contributed by atoms with Gasteiger partial charge in [0.25, 0.3) is 0 Å². The Bertz CT molecular complexity index is 559. The Morgan fingerprint density at radius 2 is 2.20 bits per heavy atom. The summed E-state index contributed by atoms with van der Waals surface area (Å²) in [7, 11) is 1.63. The lowest BCUT2D eigenvalue weighted by atomic mass is 10.0. The van der Waals surface area contributed by atoms with E-state index in [4.69, 9.17) is 14.2 Å². The number of methoxy groups -OCH3 is 1. The molecule has 1 amide bonds. The fraction of sp³-hybridized carbons (Fsp3) is 0.611. The van der Waals surface area contributed by atoms with Gasteiger partial charge >= 0.3 is 6.09 Å². The van der Waals surface area contributed by atoms with Gasteiger partial charge in [0.1, 0.15) is 18.0 Å². The molecule has 1 aromatic rings. The standard InChI is InChI=1S/C18H26N2O5/c1-23-13-6-4-12(5-7-13)9-15-17(16(21)11-19-15)25-18(22)20-10-14-3-2-8-24-14/h4-7,14-17,19,21H,2-3,8-11H2,1H3,(H,20,22)/t14-,15+,16-,17-/m0/s1. The number of carbonyl (C=O) groups excluding carboxylic acids is 1. The number of β-amino-alcohol motifs (C(OH)–C–C–N with tert-alkyl or cyclic N) is 1. The summed E-state index contributed by atoms with van der Waals surface area (Å²) >= 11 is 0. The van der Waals surface area contributed by atoms with Gasteiger partial charge in [0, 0.05) is 19.7 Å². The summed E-state index contributed by atoms with van der Waals surface area (Å²) in [6.45, 7) is 1.60. The summed E-state index contributed by atoms with van der Waals surface area (Å²) in [4.78, 5) is 12.0. The van der Waals surface area contributed by atoms with Gasteiger partial charge in [-0.05, 0) is 37.0 Å². The summed E-state index contributed by atoms with van der Waals surface area (Å²) in [5.41, 5.74) is 1.08. The van der Waals surface area contributed by atoms with Crippen LogP contribution in [-0.4, -0.2) is 62.4 Å². The lowest BCUT2D eigenvalue weighted by molar-refractivity contribution is 0.0168. The molecule has 0 aromatic heterocycles. The van der Waals surface area contributed by atoms with Gasteiger partial charge in [0.15, 0.2) is 0 Å². The largest absolute Gasteiger partial charge is 0.497 e. The number of ether oxygens (including phenoxy) is 3. The fourth-order valence-corrected chi connectivity index (χ4v) is 3.30. The Kier molecular flexibility index (Phi) is 6.12. The number of amides is 1. The van der Waals surface area contributed by atoms with Crippen LogP contribution in [0.3, 0.4) is 0 Å². The van der Waals surface area contributed by atoms with Gasteiger partial charge in [-0.25, -0.2) is 4.79 Å². The van der Waals surface area contributed by atoms with E-state index in [0.29, 0.717) is 19.5 Å². The maximum atomic E-state index is 12.0. The predicted molar refractivity (Wildman–Crippen MR) is 91.7 cm³/mol. The molecule has 138 valence electrons. The van der Waals surface area contributed by atoms with Gasteiger partial charge in [-0.2, -0.15) is 0 Å². The highest BCUT2D eigenvalue weighted by Crippen LogP contribution is 2.19. The van der Waals surface area contributed by atoms with Gasteiger partial charge in [0.05, 0.1) is 19.3 Å². The Morgan fingerprint density at radius 3 is 2.88 bits per heavy atom. The van der Waals surface area contributed by atoms with E-state index in [-0.39, 0.29) is 12.1 Å². The number of hydrogen-bond donors (Lipinski definition) is 3. The van der Waals surface area contributed by atoms with Crippen LogP contribution in [0.25, 0.3) is 0 Å². The van der Waals surface area contributed by atoms with Crippen LogP contribution in [0.1, 0.15) is 18.4 Å². The molecule has 2 fully saturated rings. The molecule has 2 aliphatic rings. The van der Waals surface area contributed by atoms with Crippen LogP contribution in [0.4, 0.5) is 4.79 Å². The monoisotopic (exact) mass is 350 g/mol. The first-order valence-electron chi connectivity index (χ1n) is 8.76. The number of nitrogens with one attached hydrogen (secondary N) is 2. The molecule has 25 heavy (non-hydrogen) atoms. The number of hydrogen-bond acceptors (Lipinski definition) is 6. The van der Waals surface area contributed by atoms with Crippen LogP contribution >= 0.6 is 0 Å². The first-order valence-corrected chi connectivity index (χ1v) is 8.76. The highest BCUT2D eigenvalue weighted by molar-refractivity contribution is 5.67. The van der Waals surface area contributed by atoms with E-state index < -0.39 is 18.3 Å². The second kappa shape index (κ2) is 8.51. The van der Waals surface area contributed by atoms with Crippen molar-refractivity contribution in [3.63, 3.8) is 0 Å². The van der Waals surface area contributed by atoms with Crippen molar-refractivity contribution in [1.29, 1.82) is 0 Å².